The summed E-state index contributed by atoms with van der Waals surface area (Å²) >= 11 is 0. The highest BCUT2D eigenvalue weighted by Crippen LogP contribution is 2.19. The van der Waals surface area contributed by atoms with Crippen molar-refractivity contribution >= 4 is 11.9 Å². The Bertz CT molecular complexity index is 910. The fourth-order valence-corrected chi connectivity index (χ4v) is 2.15. The molecule has 9 heteroatoms. The van der Waals surface area contributed by atoms with Crippen LogP contribution in [0.15, 0.2) is 42.9 Å². The number of nitrogens with two attached hydrogens (primary N) is 1. The molecule has 3 aromatic heterocycles. The van der Waals surface area contributed by atoms with Crippen LogP contribution in [0, 0.1) is 0 Å². The zero-order valence-electron chi connectivity index (χ0n) is 12.6. The fourth-order valence-electron chi connectivity index (χ4n) is 2.15. The van der Waals surface area contributed by atoms with Crippen LogP contribution in [0.2, 0.25) is 0 Å². The first-order valence-corrected chi connectivity index (χ1v) is 6.81. The Morgan fingerprint density at radius 1 is 1.29 bits per heavy atom. The maximum absolute atomic E-state index is 11.3. The van der Waals surface area contributed by atoms with Crippen molar-refractivity contribution < 1.29 is 19.4 Å². The first-order valence-electron chi connectivity index (χ1n) is 6.81. The van der Waals surface area contributed by atoms with Gasteiger partial charge in [0.2, 0.25) is 11.8 Å². The zero-order valence-corrected chi connectivity index (χ0v) is 12.6. The topological polar surface area (TPSA) is 125 Å². The minimum Gasteiger partial charge on any atom is -0.481 e. The van der Waals surface area contributed by atoms with E-state index in [1.54, 1.807) is 22.9 Å². The number of methoxy groups -OCH3 is 1. The van der Waals surface area contributed by atoms with E-state index in [0.29, 0.717) is 22.9 Å². The first-order chi connectivity index (χ1) is 11.5. The molecule has 0 fully saturated rings. The van der Waals surface area contributed by atoms with Gasteiger partial charge in [-0.25, -0.2) is 14.5 Å². The van der Waals surface area contributed by atoms with E-state index in [4.69, 9.17) is 10.5 Å². The molecule has 0 saturated carbocycles. The number of carbonyl (C=O) groups excluding carboxylic acids is 1. The highest BCUT2D eigenvalue weighted by atomic mass is 16.5. The van der Waals surface area contributed by atoms with Crippen LogP contribution in [-0.4, -0.2) is 43.4 Å². The number of hydrogen-bond donors (Lipinski definition) is 2. The molecular weight excluding hydrogens is 314 g/mol. The van der Waals surface area contributed by atoms with Gasteiger partial charge < -0.3 is 20.1 Å². The number of aromatic carboxylic acids is 1. The number of aromatic nitrogens is 4. The van der Waals surface area contributed by atoms with E-state index in [1.807, 2.05) is 0 Å². The summed E-state index contributed by atoms with van der Waals surface area (Å²) in [5.74, 6) is -0.905. The Balaban J connectivity index is 2.12. The average Bonchev–Trinajstić information content (AvgIpc) is 3.21. The van der Waals surface area contributed by atoms with E-state index in [2.05, 4.69) is 10.1 Å². The Labute approximate surface area is 135 Å². The molecular formula is C15H13N5O4. The molecule has 0 atom stereocenters. The summed E-state index contributed by atoms with van der Waals surface area (Å²) in [4.78, 5) is 26.6. The Morgan fingerprint density at radius 3 is 2.62 bits per heavy atom. The van der Waals surface area contributed by atoms with Gasteiger partial charge in [-0.05, 0) is 12.1 Å². The van der Waals surface area contributed by atoms with Gasteiger partial charge in [-0.1, -0.05) is 0 Å². The van der Waals surface area contributed by atoms with Crippen molar-refractivity contribution in [3.05, 3.63) is 54.1 Å². The maximum atomic E-state index is 11.3. The van der Waals surface area contributed by atoms with Gasteiger partial charge >= 0.3 is 5.97 Å². The second-order valence-corrected chi connectivity index (χ2v) is 4.84. The van der Waals surface area contributed by atoms with Crippen LogP contribution < -0.4 is 10.5 Å². The lowest BCUT2D eigenvalue weighted by molar-refractivity contribution is 0.0689. The minimum atomic E-state index is -1.17. The monoisotopic (exact) mass is 327 g/mol. The molecule has 3 N–H and O–H groups in total. The third-order valence-corrected chi connectivity index (χ3v) is 3.33. The number of hydrogen-bond acceptors (Lipinski definition) is 5. The van der Waals surface area contributed by atoms with Gasteiger partial charge in [0.1, 0.15) is 5.82 Å². The van der Waals surface area contributed by atoms with Crippen LogP contribution in [0.3, 0.4) is 0 Å². The van der Waals surface area contributed by atoms with Crippen LogP contribution in [0.4, 0.5) is 0 Å². The summed E-state index contributed by atoms with van der Waals surface area (Å²) in [7, 11) is 1.50. The van der Waals surface area contributed by atoms with E-state index in [0.717, 1.165) is 0 Å². The molecule has 0 aliphatic carbocycles. The van der Waals surface area contributed by atoms with Crippen molar-refractivity contribution in [3.63, 3.8) is 0 Å². The molecule has 0 aromatic carbocycles. The molecule has 3 rings (SSSR count). The molecule has 0 radical (unpaired) electrons. The van der Waals surface area contributed by atoms with Crippen LogP contribution in [0.5, 0.6) is 5.88 Å². The number of pyridine rings is 1. The van der Waals surface area contributed by atoms with Crippen molar-refractivity contribution in [1.82, 2.24) is 19.3 Å². The molecule has 0 saturated heterocycles. The van der Waals surface area contributed by atoms with E-state index >= 15 is 0 Å². The second-order valence-electron chi connectivity index (χ2n) is 4.84. The maximum Gasteiger partial charge on any atom is 0.356 e. The van der Waals surface area contributed by atoms with Crippen molar-refractivity contribution in [2.45, 2.75) is 0 Å². The molecule has 122 valence electrons. The normalized spacial score (nSPS) is 10.5. The van der Waals surface area contributed by atoms with E-state index < -0.39 is 11.9 Å². The summed E-state index contributed by atoms with van der Waals surface area (Å²) in [6.45, 7) is 0. The number of rotatable bonds is 5. The smallest absolute Gasteiger partial charge is 0.356 e. The number of ether oxygens (including phenoxy) is 1. The summed E-state index contributed by atoms with van der Waals surface area (Å²) in [6.07, 6.45) is 4.59. The highest BCUT2D eigenvalue weighted by Gasteiger charge is 2.17. The summed E-state index contributed by atoms with van der Waals surface area (Å²) in [5, 5.41) is 13.3. The standard InChI is InChI=1S/C15H13N5O4/c1-24-12-3-2-10(7-17-12)20-13(6-11(18-20)15(22)23)19-5-4-9(8-19)14(16)21/h2-8H,1H3,(H2,16,21)(H,22,23). The molecule has 9 nitrogen and oxygen atoms in total. The van der Waals surface area contributed by atoms with Crippen LogP contribution in [0.1, 0.15) is 20.8 Å². The quantitative estimate of drug-likeness (QED) is 0.716. The van der Waals surface area contributed by atoms with Gasteiger partial charge in [0.05, 0.1) is 24.6 Å². The molecule has 0 aliphatic heterocycles. The lowest BCUT2D eigenvalue weighted by atomic mass is 10.3. The van der Waals surface area contributed by atoms with Gasteiger partial charge in [0.25, 0.3) is 0 Å². The van der Waals surface area contributed by atoms with Gasteiger partial charge in [-0.2, -0.15) is 5.10 Å². The Hall–Kier alpha value is -3.62. The van der Waals surface area contributed by atoms with Crippen LogP contribution in [-0.2, 0) is 0 Å². The first kappa shape index (κ1) is 15.3. The largest absolute Gasteiger partial charge is 0.481 e. The predicted octanol–water partition coefficient (Wildman–Crippen LogP) is 0.864. The number of nitrogens with zero attached hydrogens (tertiary/aromatic N) is 4. The van der Waals surface area contributed by atoms with Gasteiger partial charge in [-0.15, -0.1) is 0 Å². The Morgan fingerprint density at radius 2 is 2.08 bits per heavy atom. The number of carboxylic acid groups (broad SMARTS) is 1. The SMILES string of the molecule is COc1ccc(-n2nc(C(=O)O)cc2-n2ccc(C(N)=O)c2)cn1. The number of primary amides is 1. The molecule has 1 amide bonds. The Kier molecular flexibility index (Phi) is 3.74. The molecule has 0 bridgehead atoms. The third kappa shape index (κ3) is 2.70. The molecule has 24 heavy (non-hydrogen) atoms. The van der Waals surface area contributed by atoms with E-state index in [1.165, 1.54) is 36.3 Å². The van der Waals surface area contributed by atoms with Gasteiger partial charge in [0.15, 0.2) is 5.69 Å². The predicted molar refractivity (Wildman–Crippen MR) is 82.7 cm³/mol. The van der Waals surface area contributed by atoms with Crippen LogP contribution >= 0.6 is 0 Å². The molecule has 3 aromatic rings. The van der Waals surface area contributed by atoms with Gasteiger partial charge in [0, 0.05) is 24.5 Å². The summed E-state index contributed by atoms with van der Waals surface area (Å²) in [5.41, 5.74) is 5.94. The zero-order chi connectivity index (χ0) is 17.3. The summed E-state index contributed by atoms with van der Waals surface area (Å²) < 4.78 is 7.96. The van der Waals surface area contributed by atoms with Gasteiger partial charge in [-0.3, -0.25) is 4.79 Å². The van der Waals surface area contributed by atoms with Crippen molar-refractivity contribution in [1.29, 1.82) is 0 Å². The molecule has 0 aliphatic rings. The molecule has 0 spiro atoms. The van der Waals surface area contributed by atoms with E-state index in [-0.39, 0.29) is 5.69 Å². The van der Waals surface area contributed by atoms with Crippen molar-refractivity contribution in [2.75, 3.05) is 7.11 Å². The van der Waals surface area contributed by atoms with Crippen LogP contribution in [0.25, 0.3) is 11.5 Å². The summed E-state index contributed by atoms with van der Waals surface area (Å²) in [6, 6.07) is 6.24. The highest BCUT2D eigenvalue weighted by molar-refractivity contribution is 5.92. The average molecular weight is 327 g/mol. The van der Waals surface area contributed by atoms with Crippen molar-refractivity contribution in [2.24, 2.45) is 5.73 Å². The fraction of sp³-hybridized carbons (Fsp3) is 0.0667. The molecule has 0 unspecified atom stereocenters. The lowest BCUT2D eigenvalue weighted by Gasteiger charge is -2.08. The molecule has 3 heterocycles. The lowest BCUT2D eigenvalue weighted by Crippen LogP contribution is -2.10. The third-order valence-electron chi connectivity index (χ3n) is 3.33. The van der Waals surface area contributed by atoms with Crippen molar-refractivity contribution in [3.8, 4) is 17.4 Å². The number of carbonyl (C=O) groups is 2. The second kappa shape index (κ2) is 5.88. The number of amides is 1. The number of carboxylic acids is 1. The van der Waals surface area contributed by atoms with E-state index in [9.17, 15) is 14.7 Å². The minimum absolute atomic E-state index is 0.143.